The monoisotopic (exact) mass is 849 g/mol. The summed E-state index contributed by atoms with van der Waals surface area (Å²) < 4.78 is 57.6. The van der Waals surface area contributed by atoms with Crippen LogP contribution >= 0.6 is 11.6 Å². The van der Waals surface area contributed by atoms with Crippen molar-refractivity contribution >= 4 is 29.1 Å². The highest BCUT2D eigenvalue weighted by atomic mass is 35.5. The Kier molecular flexibility index (Phi) is 12.6. The van der Waals surface area contributed by atoms with Gasteiger partial charge in [0.15, 0.2) is 11.5 Å². The van der Waals surface area contributed by atoms with Crippen molar-refractivity contribution in [3.05, 3.63) is 113 Å². The number of hydrogen-bond acceptors (Lipinski definition) is 12. The van der Waals surface area contributed by atoms with E-state index in [9.17, 15) is 33.0 Å². The molecule has 0 spiro atoms. The van der Waals surface area contributed by atoms with Crippen LogP contribution in [0.3, 0.4) is 0 Å². The van der Waals surface area contributed by atoms with E-state index < -0.39 is 48.1 Å². The number of amides is 2. The number of carbonyl (C=O) groups excluding carboxylic acids is 2. The van der Waals surface area contributed by atoms with Gasteiger partial charge in [0.1, 0.15) is 24.9 Å². The van der Waals surface area contributed by atoms with Crippen LogP contribution in [0.15, 0.2) is 99.7 Å². The number of halogens is 4. The van der Waals surface area contributed by atoms with E-state index in [0.29, 0.717) is 40.1 Å². The Bertz CT molecular complexity index is 2320. The highest BCUT2D eigenvalue weighted by Gasteiger charge is 2.43. The zero-order valence-corrected chi connectivity index (χ0v) is 33.4. The molecule has 2 aliphatic rings. The first-order chi connectivity index (χ1) is 28.6. The Morgan fingerprint density at radius 3 is 2.45 bits per heavy atom. The Labute approximate surface area is 348 Å². The number of nitrogens with zero attached hydrogens (tertiary/aromatic N) is 5. The van der Waals surface area contributed by atoms with Crippen LogP contribution in [0.25, 0.3) is 28.5 Å². The van der Waals surface area contributed by atoms with Gasteiger partial charge in [0.2, 0.25) is 29.5 Å². The number of rotatable bonds is 14. The van der Waals surface area contributed by atoms with Crippen molar-refractivity contribution in [2.45, 2.75) is 50.6 Å². The largest absolute Gasteiger partial charge is 0.507 e. The molecule has 3 aromatic carbocycles. The summed E-state index contributed by atoms with van der Waals surface area (Å²) in [5.74, 6) is -1.09. The van der Waals surface area contributed by atoms with Crippen molar-refractivity contribution in [1.29, 1.82) is 0 Å². The first kappa shape index (κ1) is 42.4. The Balaban J connectivity index is 1.10. The molecule has 0 bridgehead atoms. The smallest absolute Gasteiger partial charge is 0.405 e. The molecule has 18 heteroatoms. The number of carbonyl (C=O) groups is 2. The molecule has 5 aromatic rings. The second-order valence-corrected chi connectivity index (χ2v) is 15.6. The SMILES string of the molecule is CC(C)(c1ncc(-c2ccc(Cl)cc2)o1)N1CCN(C[C@@H](O)C[C@@H](Cc2nnc(-c3ccccc3)o2)C(=O)NC2=C(O)COc3ccccc32)[C@H](C(=O)NCC(F)(F)F)C1. The Morgan fingerprint density at radius 2 is 1.70 bits per heavy atom. The van der Waals surface area contributed by atoms with Gasteiger partial charge in [-0.15, -0.1) is 10.2 Å². The van der Waals surface area contributed by atoms with E-state index >= 15 is 0 Å². The molecule has 2 amide bonds. The number of para-hydroxylation sites is 1. The number of hydrogen-bond donors (Lipinski definition) is 4. The van der Waals surface area contributed by atoms with Crippen molar-refractivity contribution in [3.63, 3.8) is 0 Å². The van der Waals surface area contributed by atoms with Gasteiger partial charge in [0, 0.05) is 60.2 Å². The second kappa shape index (κ2) is 17.8. The summed E-state index contributed by atoms with van der Waals surface area (Å²) in [6.45, 7) is 2.24. The van der Waals surface area contributed by atoms with Crippen molar-refractivity contribution in [2.24, 2.45) is 5.92 Å². The molecule has 0 aliphatic carbocycles. The van der Waals surface area contributed by atoms with Crippen molar-refractivity contribution in [1.82, 2.24) is 35.6 Å². The number of benzene rings is 3. The number of oxazole rings is 1. The zero-order valence-electron chi connectivity index (χ0n) is 32.7. The van der Waals surface area contributed by atoms with Gasteiger partial charge in [-0.1, -0.05) is 41.9 Å². The molecule has 316 valence electrons. The highest BCUT2D eigenvalue weighted by Crippen LogP contribution is 2.34. The van der Waals surface area contributed by atoms with Crippen LogP contribution in [-0.4, -0.2) is 105 Å². The summed E-state index contributed by atoms with van der Waals surface area (Å²) in [6, 6.07) is 21.8. The maximum Gasteiger partial charge on any atom is 0.405 e. The molecule has 60 heavy (non-hydrogen) atoms. The third-order valence-electron chi connectivity index (χ3n) is 10.5. The molecule has 0 unspecified atom stereocenters. The summed E-state index contributed by atoms with van der Waals surface area (Å²) in [6.07, 6.45) is -4.65. The van der Waals surface area contributed by atoms with Crippen molar-refractivity contribution < 1.29 is 46.5 Å². The number of fused-ring (bicyclic) bond motifs is 1. The van der Waals surface area contributed by atoms with Crippen LogP contribution in [0.2, 0.25) is 5.02 Å². The number of piperazine rings is 1. The lowest BCUT2D eigenvalue weighted by Gasteiger charge is -2.46. The number of aromatic nitrogens is 3. The molecule has 4 N–H and O–H groups in total. The fourth-order valence-corrected chi connectivity index (χ4v) is 7.40. The molecule has 14 nitrogen and oxygen atoms in total. The van der Waals surface area contributed by atoms with Crippen LogP contribution in [-0.2, 0) is 21.5 Å². The van der Waals surface area contributed by atoms with E-state index in [1.54, 1.807) is 71.8 Å². The minimum Gasteiger partial charge on any atom is -0.507 e. The average Bonchev–Trinajstić information content (AvgIpc) is 3.93. The van der Waals surface area contributed by atoms with E-state index in [0.717, 1.165) is 5.56 Å². The normalized spacial score (nSPS) is 17.4. The summed E-state index contributed by atoms with van der Waals surface area (Å²) in [7, 11) is 0. The molecule has 2 aromatic heterocycles. The highest BCUT2D eigenvalue weighted by molar-refractivity contribution is 6.30. The minimum absolute atomic E-state index is 0.0366. The van der Waals surface area contributed by atoms with Gasteiger partial charge in [-0.3, -0.25) is 19.4 Å². The number of nitrogens with one attached hydrogen (secondary N) is 2. The zero-order chi connectivity index (χ0) is 42.6. The van der Waals surface area contributed by atoms with Crippen molar-refractivity contribution in [2.75, 3.05) is 39.3 Å². The van der Waals surface area contributed by atoms with E-state index in [1.165, 1.54) is 0 Å². The molecule has 2 aliphatic heterocycles. The number of β-amino-alcohol motifs (C(OH)–C–C–N with tert-alkyl or cyclic N) is 1. The third kappa shape index (κ3) is 9.98. The predicted molar refractivity (Wildman–Crippen MR) is 213 cm³/mol. The topological polar surface area (TPSA) is 179 Å². The molecule has 0 radical (unpaired) electrons. The molecule has 3 atom stereocenters. The molecular formula is C42H43ClF3N7O7. The second-order valence-electron chi connectivity index (χ2n) is 15.1. The summed E-state index contributed by atoms with van der Waals surface area (Å²) in [5.41, 5.74) is 1.09. The lowest BCUT2D eigenvalue weighted by molar-refractivity contribution is -0.144. The van der Waals surface area contributed by atoms with Gasteiger partial charge in [0.25, 0.3) is 0 Å². The summed E-state index contributed by atoms with van der Waals surface area (Å²) in [5, 5.41) is 36.1. The quantitative estimate of drug-likeness (QED) is 0.103. The number of aliphatic hydroxyl groups excluding tert-OH is 2. The number of aliphatic hydroxyl groups is 2. The van der Waals surface area contributed by atoms with Crippen LogP contribution in [0.1, 0.15) is 37.6 Å². The lowest BCUT2D eigenvalue weighted by atomic mass is 9.94. The average molecular weight is 850 g/mol. The van der Waals surface area contributed by atoms with Crippen molar-refractivity contribution in [3.8, 4) is 28.5 Å². The van der Waals surface area contributed by atoms with Crippen LogP contribution < -0.4 is 15.4 Å². The fourth-order valence-electron chi connectivity index (χ4n) is 7.28. The molecular weight excluding hydrogens is 807 g/mol. The Hall–Kier alpha value is -5.75. The van der Waals surface area contributed by atoms with Gasteiger partial charge in [0.05, 0.1) is 23.5 Å². The van der Waals surface area contributed by atoms with E-state index in [4.69, 9.17) is 25.2 Å². The Morgan fingerprint density at radius 1 is 0.967 bits per heavy atom. The first-order valence-electron chi connectivity index (χ1n) is 19.2. The van der Waals surface area contributed by atoms with E-state index in [-0.39, 0.29) is 62.3 Å². The van der Waals surface area contributed by atoms with E-state index in [2.05, 4.69) is 20.5 Å². The molecule has 4 heterocycles. The molecule has 1 fully saturated rings. The third-order valence-corrected chi connectivity index (χ3v) is 10.8. The minimum atomic E-state index is -4.66. The molecule has 1 saturated heterocycles. The van der Waals surface area contributed by atoms with Gasteiger partial charge in [-0.2, -0.15) is 13.2 Å². The summed E-state index contributed by atoms with van der Waals surface area (Å²) >= 11 is 6.05. The van der Waals surface area contributed by atoms with Crippen LogP contribution in [0.5, 0.6) is 5.75 Å². The van der Waals surface area contributed by atoms with Gasteiger partial charge < -0.3 is 34.4 Å². The van der Waals surface area contributed by atoms with Gasteiger partial charge in [-0.05, 0) is 68.8 Å². The van der Waals surface area contributed by atoms with Gasteiger partial charge in [-0.25, -0.2) is 4.98 Å². The molecule has 7 rings (SSSR count). The molecule has 0 saturated carbocycles. The number of ether oxygens (including phenoxy) is 1. The van der Waals surface area contributed by atoms with Crippen LogP contribution in [0.4, 0.5) is 13.2 Å². The van der Waals surface area contributed by atoms with E-state index in [1.807, 2.05) is 42.3 Å². The standard InChI is InChI=1S/C42H43ClF3N7O7/c1-41(2,40-47-20-34(59-40)25-12-14-28(43)15-13-25)53-17-16-52(31(22-53)38(57)48-24-42(44,45)46)21-29(54)18-27(19-35-50-51-39(60-35)26-8-4-3-5-9-26)37(56)49-36-30-10-6-7-11-33(30)58-23-32(36)55/h3-15,20,27,29,31,54-55H,16-19,21-24H2,1-2H3,(H,48,57)(H,49,56)/t27-,29-,31-/m0/s1. The lowest BCUT2D eigenvalue weighted by Crippen LogP contribution is -2.63. The maximum absolute atomic E-state index is 14.1. The first-order valence-corrected chi connectivity index (χ1v) is 19.6. The van der Waals surface area contributed by atoms with Crippen LogP contribution in [0, 0.1) is 5.92 Å². The maximum atomic E-state index is 14.1. The fraction of sp³-hybridized carbons (Fsp3) is 0.357. The summed E-state index contributed by atoms with van der Waals surface area (Å²) in [4.78, 5) is 35.7. The number of alkyl halides is 3. The van der Waals surface area contributed by atoms with Gasteiger partial charge >= 0.3 is 6.18 Å². The predicted octanol–water partition coefficient (Wildman–Crippen LogP) is 5.99.